The molecule has 0 unspecified atom stereocenters. The number of aromatic nitrogens is 2. The van der Waals surface area contributed by atoms with E-state index in [2.05, 4.69) is 57.1 Å². The first-order chi connectivity index (χ1) is 8.78. The van der Waals surface area contributed by atoms with Gasteiger partial charge in [-0.25, -0.2) is 4.98 Å². The van der Waals surface area contributed by atoms with Gasteiger partial charge in [-0.2, -0.15) is 0 Å². The molecule has 0 spiro atoms. The fraction of sp³-hybridized carbons (Fsp3) is 0.133. The number of hydrogen-bond acceptors (Lipinski definition) is 1. The quantitative estimate of drug-likeness (QED) is 0.739. The average molecular weight is 301 g/mol. The van der Waals surface area contributed by atoms with Gasteiger partial charge in [0.25, 0.3) is 0 Å². The van der Waals surface area contributed by atoms with Crippen LogP contribution in [0.2, 0.25) is 0 Å². The third kappa shape index (κ3) is 1.95. The van der Waals surface area contributed by atoms with Crippen LogP contribution in [0.4, 0.5) is 0 Å². The fourth-order valence-corrected chi connectivity index (χ4v) is 2.53. The number of imidazole rings is 1. The van der Waals surface area contributed by atoms with Crippen LogP contribution in [0.15, 0.2) is 46.9 Å². The van der Waals surface area contributed by atoms with Crippen LogP contribution < -0.4 is 0 Å². The van der Waals surface area contributed by atoms with Crippen molar-refractivity contribution in [1.29, 1.82) is 0 Å². The van der Waals surface area contributed by atoms with Crippen LogP contribution in [0.1, 0.15) is 12.5 Å². The molecule has 0 saturated carbocycles. The molecule has 90 valence electrons. The maximum atomic E-state index is 4.63. The summed E-state index contributed by atoms with van der Waals surface area (Å²) >= 11 is 3.56. The minimum atomic E-state index is 0.908. The topological polar surface area (TPSA) is 28.7 Å². The summed E-state index contributed by atoms with van der Waals surface area (Å²) in [5.41, 5.74) is 4.52. The Morgan fingerprint density at radius 3 is 2.78 bits per heavy atom. The Balaban J connectivity index is 2.17. The molecule has 1 N–H and O–H groups in total. The number of nitrogens with zero attached hydrogens (tertiary/aromatic N) is 1. The number of aryl methyl sites for hydroxylation is 1. The van der Waals surface area contributed by atoms with Crippen molar-refractivity contribution in [1.82, 2.24) is 9.97 Å². The van der Waals surface area contributed by atoms with Crippen LogP contribution in [0.3, 0.4) is 0 Å². The molecule has 0 radical (unpaired) electrons. The maximum absolute atomic E-state index is 4.63. The number of halogens is 1. The second-order valence-electron chi connectivity index (χ2n) is 4.27. The van der Waals surface area contributed by atoms with Crippen LogP contribution in [-0.2, 0) is 6.42 Å². The normalized spacial score (nSPS) is 11.0. The SMILES string of the molecule is CCc1ccc2nc(-c3ccccc3Br)[nH]c2c1. The molecule has 0 saturated heterocycles. The highest BCUT2D eigenvalue weighted by Crippen LogP contribution is 2.27. The number of hydrogen-bond donors (Lipinski definition) is 1. The summed E-state index contributed by atoms with van der Waals surface area (Å²) in [5.74, 6) is 0.908. The predicted octanol–water partition coefficient (Wildman–Crippen LogP) is 4.55. The van der Waals surface area contributed by atoms with E-state index in [1.54, 1.807) is 0 Å². The van der Waals surface area contributed by atoms with Gasteiger partial charge in [-0.05, 0) is 30.2 Å². The van der Waals surface area contributed by atoms with Crippen LogP contribution in [0, 0.1) is 0 Å². The van der Waals surface area contributed by atoms with Crippen molar-refractivity contribution in [2.24, 2.45) is 0 Å². The summed E-state index contributed by atoms with van der Waals surface area (Å²) in [7, 11) is 0. The minimum absolute atomic E-state index is 0.908. The molecule has 0 fully saturated rings. The zero-order valence-electron chi connectivity index (χ0n) is 10.1. The van der Waals surface area contributed by atoms with Crippen molar-refractivity contribution >= 4 is 27.0 Å². The van der Waals surface area contributed by atoms with E-state index < -0.39 is 0 Å². The molecule has 3 aromatic rings. The molecule has 0 aliphatic carbocycles. The van der Waals surface area contributed by atoms with Gasteiger partial charge in [-0.15, -0.1) is 0 Å². The average Bonchev–Trinajstić information content (AvgIpc) is 2.81. The Labute approximate surface area is 114 Å². The molecular weight excluding hydrogens is 288 g/mol. The standard InChI is InChI=1S/C15H13BrN2/c1-2-10-7-8-13-14(9-10)18-15(17-13)11-5-3-4-6-12(11)16/h3-9H,2H2,1H3,(H,17,18). The second kappa shape index (κ2) is 4.58. The Morgan fingerprint density at radius 1 is 1.17 bits per heavy atom. The minimum Gasteiger partial charge on any atom is -0.338 e. The first-order valence-corrected chi connectivity index (χ1v) is 6.81. The van der Waals surface area contributed by atoms with Crippen LogP contribution in [0.25, 0.3) is 22.4 Å². The van der Waals surface area contributed by atoms with Gasteiger partial charge in [0.15, 0.2) is 0 Å². The maximum Gasteiger partial charge on any atom is 0.139 e. The zero-order valence-corrected chi connectivity index (χ0v) is 11.7. The number of nitrogens with one attached hydrogen (secondary N) is 1. The zero-order chi connectivity index (χ0) is 12.5. The Morgan fingerprint density at radius 2 is 2.00 bits per heavy atom. The van der Waals surface area contributed by atoms with Crippen molar-refractivity contribution in [3.8, 4) is 11.4 Å². The molecule has 3 rings (SSSR count). The third-order valence-electron chi connectivity index (χ3n) is 3.08. The van der Waals surface area contributed by atoms with Crippen molar-refractivity contribution in [2.75, 3.05) is 0 Å². The molecule has 3 heteroatoms. The molecule has 1 heterocycles. The molecule has 2 aromatic carbocycles. The summed E-state index contributed by atoms with van der Waals surface area (Å²) in [6, 6.07) is 14.5. The van der Waals surface area contributed by atoms with Gasteiger partial charge >= 0.3 is 0 Å². The lowest BCUT2D eigenvalue weighted by atomic mass is 10.1. The predicted molar refractivity (Wildman–Crippen MR) is 78.6 cm³/mol. The van der Waals surface area contributed by atoms with E-state index in [9.17, 15) is 0 Å². The highest BCUT2D eigenvalue weighted by Gasteiger charge is 2.08. The molecule has 1 aromatic heterocycles. The van der Waals surface area contributed by atoms with E-state index in [0.717, 1.165) is 33.3 Å². The lowest BCUT2D eigenvalue weighted by molar-refractivity contribution is 1.14. The lowest BCUT2D eigenvalue weighted by Crippen LogP contribution is -1.81. The van der Waals surface area contributed by atoms with Gasteiger partial charge < -0.3 is 4.98 Å². The smallest absolute Gasteiger partial charge is 0.139 e. The summed E-state index contributed by atoms with van der Waals surface area (Å²) in [4.78, 5) is 8.02. The summed E-state index contributed by atoms with van der Waals surface area (Å²) in [5, 5.41) is 0. The van der Waals surface area contributed by atoms with Crippen molar-refractivity contribution in [2.45, 2.75) is 13.3 Å². The van der Waals surface area contributed by atoms with Gasteiger partial charge in [-0.1, -0.05) is 47.1 Å². The first-order valence-electron chi connectivity index (χ1n) is 6.01. The van der Waals surface area contributed by atoms with E-state index in [-0.39, 0.29) is 0 Å². The fourth-order valence-electron chi connectivity index (χ4n) is 2.06. The van der Waals surface area contributed by atoms with Crippen molar-refractivity contribution < 1.29 is 0 Å². The van der Waals surface area contributed by atoms with E-state index in [1.807, 2.05) is 18.2 Å². The van der Waals surface area contributed by atoms with Crippen molar-refractivity contribution in [3.05, 3.63) is 52.5 Å². The molecular formula is C15H13BrN2. The molecule has 0 bridgehead atoms. The summed E-state index contributed by atoms with van der Waals surface area (Å²) in [6.45, 7) is 2.16. The lowest BCUT2D eigenvalue weighted by Gasteiger charge is -1.98. The van der Waals surface area contributed by atoms with E-state index >= 15 is 0 Å². The largest absolute Gasteiger partial charge is 0.338 e. The second-order valence-corrected chi connectivity index (χ2v) is 5.12. The van der Waals surface area contributed by atoms with Gasteiger partial charge in [0, 0.05) is 10.0 Å². The molecule has 0 amide bonds. The van der Waals surface area contributed by atoms with Gasteiger partial charge in [0.05, 0.1) is 11.0 Å². The van der Waals surface area contributed by atoms with Crippen molar-refractivity contribution in [3.63, 3.8) is 0 Å². The van der Waals surface area contributed by atoms with E-state index in [0.29, 0.717) is 0 Å². The van der Waals surface area contributed by atoms with Gasteiger partial charge in [0.1, 0.15) is 5.82 Å². The highest BCUT2D eigenvalue weighted by molar-refractivity contribution is 9.10. The van der Waals surface area contributed by atoms with E-state index in [1.165, 1.54) is 5.56 Å². The third-order valence-corrected chi connectivity index (χ3v) is 3.78. The number of rotatable bonds is 2. The van der Waals surface area contributed by atoms with Gasteiger partial charge in [-0.3, -0.25) is 0 Å². The monoisotopic (exact) mass is 300 g/mol. The van der Waals surface area contributed by atoms with Crippen LogP contribution in [0.5, 0.6) is 0 Å². The number of H-pyrrole nitrogens is 1. The molecule has 2 nitrogen and oxygen atoms in total. The number of aromatic amines is 1. The summed E-state index contributed by atoms with van der Waals surface area (Å²) < 4.78 is 1.06. The van der Waals surface area contributed by atoms with Crippen LogP contribution >= 0.6 is 15.9 Å². The molecule has 18 heavy (non-hydrogen) atoms. The van der Waals surface area contributed by atoms with E-state index in [4.69, 9.17) is 0 Å². The molecule has 0 aliphatic heterocycles. The summed E-state index contributed by atoms with van der Waals surface area (Å²) in [6.07, 6.45) is 1.04. The number of benzene rings is 2. The first kappa shape index (κ1) is 11.5. The van der Waals surface area contributed by atoms with Gasteiger partial charge in [0.2, 0.25) is 0 Å². The Bertz CT molecular complexity index is 701. The molecule has 0 atom stereocenters. The number of fused-ring (bicyclic) bond motifs is 1. The Hall–Kier alpha value is -1.61. The molecule has 0 aliphatic rings. The Kier molecular flexibility index (Phi) is 2.92. The highest BCUT2D eigenvalue weighted by atomic mass is 79.9. The van der Waals surface area contributed by atoms with Crippen LogP contribution in [-0.4, -0.2) is 9.97 Å².